The Kier molecular flexibility index (Phi) is 4.70. The second-order valence-corrected chi connectivity index (χ2v) is 8.09. The second-order valence-electron chi connectivity index (χ2n) is 8.09. The SMILES string of the molecule is COC(=O)c1ccccc1-c1c2nc(cc3ccc(cc4ccc(cc5nc1C=C5)[nH]4)[nH]3)C=C2. The van der Waals surface area contributed by atoms with Gasteiger partial charge in [0.15, 0.2) is 0 Å². The molecule has 0 fully saturated rings. The zero-order valence-electron chi connectivity index (χ0n) is 18.4. The van der Waals surface area contributed by atoms with Gasteiger partial charge in [-0.15, -0.1) is 0 Å². The molecular weight excluding hydrogens is 424 g/mol. The van der Waals surface area contributed by atoms with Gasteiger partial charge in [0.2, 0.25) is 0 Å². The molecule has 0 spiro atoms. The molecule has 1 aromatic carbocycles. The number of aromatic nitrogens is 4. The van der Waals surface area contributed by atoms with Crippen LogP contribution in [-0.4, -0.2) is 33.0 Å². The molecular formula is C28H20N4O2. The van der Waals surface area contributed by atoms with E-state index < -0.39 is 5.97 Å². The van der Waals surface area contributed by atoms with Crippen LogP contribution in [-0.2, 0) is 4.74 Å². The van der Waals surface area contributed by atoms with Crippen molar-refractivity contribution in [3.8, 4) is 11.1 Å². The third-order valence-corrected chi connectivity index (χ3v) is 5.82. The normalized spacial score (nSPS) is 12.1. The number of hydrogen-bond acceptors (Lipinski definition) is 4. The third-order valence-electron chi connectivity index (χ3n) is 5.82. The van der Waals surface area contributed by atoms with Crippen LogP contribution in [0.3, 0.4) is 0 Å². The smallest absolute Gasteiger partial charge is 0.338 e. The highest BCUT2D eigenvalue weighted by Gasteiger charge is 2.20. The average Bonchev–Trinajstić information content (AvgIpc) is 3.65. The van der Waals surface area contributed by atoms with Crippen LogP contribution >= 0.6 is 0 Å². The van der Waals surface area contributed by atoms with Gasteiger partial charge >= 0.3 is 5.97 Å². The quantitative estimate of drug-likeness (QED) is 0.316. The lowest BCUT2D eigenvalue weighted by Gasteiger charge is -2.10. The number of carbonyl (C=O) groups is 1. The highest BCUT2D eigenvalue weighted by Crippen LogP contribution is 2.33. The first-order valence-electron chi connectivity index (χ1n) is 10.9. The third kappa shape index (κ3) is 3.61. The molecule has 4 aromatic rings. The monoisotopic (exact) mass is 444 g/mol. The molecule has 0 unspecified atom stereocenters. The second kappa shape index (κ2) is 8.01. The van der Waals surface area contributed by atoms with Crippen LogP contribution in [0.4, 0.5) is 0 Å². The molecule has 164 valence electrons. The van der Waals surface area contributed by atoms with Gasteiger partial charge in [-0.2, -0.15) is 0 Å². The zero-order valence-corrected chi connectivity index (χ0v) is 18.4. The summed E-state index contributed by atoms with van der Waals surface area (Å²) in [5, 5.41) is 0. The first-order chi connectivity index (χ1) is 16.7. The Morgan fingerprint density at radius 1 is 0.706 bits per heavy atom. The first-order valence-corrected chi connectivity index (χ1v) is 10.9. The van der Waals surface area contributed by atoms with Crippen molar-refractivity contribution in [3.63, 3.8) is 0 Å². The zero-order chi connectivity index (χ0) is 23.1. The summed E-state index contributed by atoms with van der Waals surface area (Å²) in [6.07, 6.45) is 7.84. The topological polar surface area (TPSA) is 83.7 Å². The maximum atomic E-state index is 12.6. The van der Waals surface area contributed by atoms with Gasteiger partial charge in [0.25, 0.3) is 0 Å². The average molecular weight is 444 g/mol. The van der Waals surface area contributed by atoms with Crippen molar-refractivity contribution < 1.29 is 9.53 Å². The molecule has 0 aliphatic carbocycles. The molecule has 5 heterocycles. The summed E-state index contributed by atoms with van der Waals surface area (Å²) >= 11 is 0. The van der Waals surface area contributed by atoms with E-state index >= 15 is 0 Å². The van der Waals surface area contributed by atoms with Crippen LogP contribution in [0.2, 0.25) is 0 Å². The Labute approximate surface area is 195 Å². The summed E-state index contributed by atoms with van der Waals surface area (Å²) in [6, 6.07) is 21.6. The van der Waals surface area contributed by atoms with Gasteiger partial charge in [-0.3, -0.25) is 0 Å². The molecule has 6 rings (SSSR count). The van der Waals surface area contributed by atoms with Crippen molar-refractivity contribution in [2.45, 2.75) is 0 Å². The summed E-state index contributed by atoms with van der Waals surface area (Å²) in [7, 11) is 1.39. The molecule has 0 radical (unpaired) electrons. The predicted molar refractivity (Wildman–Crippen MR) is 136 cm³/mol. The van der Waals surface area contributed by atoms with Crippen LogP contribution in [0, 0.1) is 0 Å². The van der Waals surface area contributed by atoms with E-state index in [-0.39, 0.29) is 0 Å². The maximum absolute atomic E-state index is 12.6. The minimum atomic E-state index is -0.402. The van der Waals surface area contributed by atoms with E-state index in [0.717, 1.165) is 56.0 Å². The van der Waals surface area contributed by atoms with Crippen LogP contribution in [0.5, 0.6) is 0 Å². The Bertz CT molecular complexity index is 1580. The number of carbonyl (C=O) groups excluding carboxylic acids is 1. The minimum absolute atomic E-state index is 0.402. The van der Waals surface area contributed by atoms with Crippen molar-refractivity contribution in [1.82, 2.24) is 19.9 Å². The van der Waals surface area contributed by atoms with Crippen molar-refractivity contribution in [2.75, 3.05) is 7.11 Å². The molecule has 2 N–H and O–H groups in total. The van der Waals surface area contributed by atoms with E-state index in [2.05, 4.69) is 16.0 Å². The molecule has 34 heavy (non-hydrogen) atoms. The number of aromatic amines is 2. The lowest BCUT2D eigenvalue weighted by molar-refractivity contribution is 0.0601. The largest absolute Gasteiger partial charge is 0.465 e. The predicted octanol–water partition coefficient (Wildman–Crippen LogP) is 6.11. The molecule has 0 amide bonds. The van der Waals surface area contributed by atoms with Crippen molar-refractivity contribution in [3.05, 3.63) is 95.1 Å². The summed E-state index contributed by atoms with van der Waals surface area (Å²) in [5.74, 6) is -0.402. The molecule has 2 aliphatic heterocycles. The molecule has 6 heteroatoms. The number of nitrogens with zero attached hydrogens (tertiary/aromatic N) is 2. The van der Waals surface area contributed by atoms with Crippen LogP contribution in [0.15, 0.2) is 66.7 Å². The standard InChI is InChI=1S/C28H20N4O2/c1-34-28(33)24-5-3-2-4-23(24)27-25-12-10-21(31-25)15-19-8-6-17(29-19)14-18-7-9-20(30-18)16-22-11-13-26(27)32-22/h2-16,29-30H,1H3. The number of hydrogen-bond donors (Lipinski definition) is 2. The highest BCUT2D eigenvalue weighted by molar-refractivity contribution is 6.00. The number of esters is 1. The number of nitrogens with one attached hydrogen (secondary N) is 2. The Morgan fingerprint density at radius 3 is 1.79 bits per heavy atom. The molecule has 0 saturated heterocycles. The van der Waals surface area contributed by atoms with Gasteiger partial charge in [-0.25, -0.2) is 14.8 Å². The lowest BCUT2D eigenvalue weighted by atomic mass is 9.97. The van der Waals surface area contributed by atoms with Gasteiger partial charge in [0.1, 0.15) is 0 Å². The van der Waals surface area contributed by atoms with E-state index in [1.165, 1.54) is 7.11 Å². The van der Waals surface area contributed by atoms with Crippen molar-refractivity contribution in [2.24, 2.45) is 0 Å². The summed E-state index contributed by atoms with van der Waals surface area (Å²) in [5.41, 5.74) is 8.95. The fourth-order valence-corrected chi connectivity index (χ4v) is 4.27. The molecule has 2 aliphatic rings. The first kappa shape index (κ1) is 19.9. The molecule has 8 bridgehead atoms. The fourth-order valence-electron chi connectivity index (χ4n) is 4.27. The molecule has 0 saturated carbocycles. The van der Waals surface area contributed by atoms with E-state index in [1.54, 1.807) is 6.07 Å². The highest BCUT2D eigenvalue weighted by atomic mass is 16.5. The molecule has 6 nitrogen and oxygen atoms in total. The van der Waals surface area contributed by atoms with Gasteiger partial charge in [0, 0.05) is 33.2 Å². The number of ether oxygens (including phenoxy) is 1. The summed E-state index contributed by atoms with van der Waals surface area (Å²) in [6.45, 7) is 0. The number of methoxy groups -OCH3 is 1. The van der Waals surface area contributed by atoms with E-state index in [9.17, 15) is 4.79 Å². The number of H-pyrrole nitrogens is 2. The van der Waals surface area contributed by atoms with Crippen LogP contribution in [0.25, 0.3) is 57.5 Å². The Balaban J connectivity index is 1.72. The van der Waals surface area contributed by atoms with Crippen molar-refractivity contribution >= 4 is 52.3 Å². The van der Waals surface area contributed by atoms with Crippen LogP contribution in [0.1, 0.15) is 33.1 Å². The minimum Gasteiger partial charge on any atom is -0.465 e. The van der Waals surface area contributed by atoms with Crippen molar-refractivity contribution in [1.29, 1.82) is 0 Å². The van der Waals surface area contributed by atoms with Gasteiger partial charge in [0.05, 0.1) is 35.4 Å². The van der Waals surface area contributed by atoms with Crippen LogP contribution < -0.4 is 0 Å². The number of benzene rings is 1. The lowest BCUT2D eigenvalue weighted by Crippen LogP contribution is -2.04. The van der Waals surface area contributed by atoms with E-state index in [1.807, 2.05) is 78.9 Å². The maximum Gasteiger partial charge on any atom is 0.338 e. The van der Waals surface area contributed by atoms with Gasteiger partial charge in [-0.05, 0) is 72.8 Å². The van der Waals surface area contributed by atoms with E-state index in [0.29, 0.717) is 5.56 Å². The fraction of sp³-hybridized carbons (Fsp3) is 0.0357. The van der Waals surface area contributed by atoms with E-state index in [4.69, 9.17) is 14.7 Å². The van der Waals surface area contributed by atoms with Gasteiger partial charge < -0.3 is 14.7 Å². The Morgan fingerprint density at radius 2 is 1.24 bits per heavy atom. The number of rotatable bonds is 2. The van der Waals surface area contributed by atoms with Gasteiger partial charge in [-0.1, -0.05) is 18.2 Å². The number of fused-ring (bicyclic) bond motifs is 8. The molecule has 3 aromatic heterocycles. The summed E-state index contributed by atoms with van der Waals surface area (Å²) in [4.78, 5) is 29.1. The summed E-state index contributed by atoms with van der Waals surface area (Å²) < 4.78 is 5.05. The molecule has 0 atom stereocenters. The Hall–Kier alpha value is -4.71.